The molecule has 1 unspecified atom stereocenters. The van der Waals surface area contributed by atoms with Crippen molar-refractivity contribution in [2.75, 3.05) is 0 Å². The van der Waals surface area contributed by atoms with E-state index >= 15 is 0 Å². The first-order valence-electron chi connectivity index (χ1n) is 7.89. The zero-order chi connectivity index (χ0) is 19.2. The van der Waals surface area contributed by atoms with E-state index in [4.69, 9.17) is 5.73 Å². The number of nitrogens with one attached hydrogen (secondary N) is 1. The number of nitrogens with zero attached hydrogens (tertiary/aromatic N) is 5. The van der Waals surface area contributed by atoms with Gasteiger partial charge in [0.2, 0.25) is 11.7 Å². The second-order valence-electron chi connectivity index (χ2n) is 5.51. The standard InChI is InChI=1S/C17H15N7O3/c18-15(26)14(25)12(8-11-2-6-19-7-3-11)23-16(27)13-9-20-10-24(13)17-21-4-1-5-22-17/h1-7,9-10,12H,8H2,(H2,18,26)(H,23,27). The number of rotatable bonds is 7. The smallest absolute Gasteiger partial charge is 0.287 e. The van der Waals surface area contributed by atoms with Gasteiger partial charge < -0.3 is 11.1 Å². The number of nitrogens with two attached hydrogens (primary N) is 1. The molecule has 136 valence electrons. The lowest BCUT2D eigenvalue weighted by atomic mass is 10.0. The van der Waals surface area contributed by atoms with Gasteiger partial charge in [0, 0.05) is 31.2 Å². The van der Waals surface area contributed by atoms with Crippen molar-refractivity contribution in [3.05, 3.63) is 66.8 Å². The van der Waals surface area contributed by atoms with Gasteiger partial charge in [-0.2, -0.15) is 0 Å². The molecule has 0 bridgehead atoms. The van der Waals surface area contributed by atoms with E-state index in [1.807, 2.05) is 0 Å². The Kier molecular flexibility index (Phi) is 5.26. The fourth-order valence-corrected chi connectivity index (χ4v) is 2.41. The van der Waals surface area contributed by atoms with Gasteiger partial charge in [-0.3, -0.25) is 23.9 Å². The van der Waals surface area contributed by atoms with Crippen LogP contribution in [0.25, 0.3) is 5.95 Å². The molecule has 0 aliphatic heterocycles. The average molecular weight is 365 g/mol. The molecule has 10 heteroatoms. The lowest BCUT2D eigenvalue weighted by Crippen LogP contribution is -2.47. The summed E-state index contributed by atoms with van der Waals surface area (Å²) in [6, 6.07) is 3.86. The molecular weight excluding hydrogens is 350 g/mol. The van der Waals surface area contributed by atoms with Gasteiger partial charge in [0.05, 0.1) is 6.20 Å². The predicted octanol–water partition coefficient (Wildman–Crippen LogP) is -0.547. The number of aromatic nitrogens is 5. The van der Waals surface area contributed by atoms with E-state index in [1.165, 1.54) is 29.5 Å². The lowest BCUT2D eigenvalue weighted by molar-refractivity contribution is -0.137. The van der Waals surface area contributed by atoms with Gasteiger partial charge in [-0.25, -0.2) is 15.0 Å². The molecule has 1 atom stereocenters. The first kappa shape index (κ1) is 17.9. The lowest BCUT2D eigenvalue weighted by Gasteiger charge is -2.16. The minimum Gasteiger partial charge on any atom is -0.363 e. The largest absolute Gasteiger partial charge is 0.363 e. The van der Waals surface area contributed by atoms with E-state index in [0.29, 0.717) is 5.56 Å². The summed E-state index contributed by atoms with van der Waals surface area (Å²) in [5.74, 6) is -2.41. The van der Waals surface area contributed by atoms with Crippen LogP contribution in [0, 0.1) is 0 Å². The van der Waals surface area contributed by atoms with Gasteiger partial charge in [0.15, 0.2) is 0 Å². The van der Waals surface area contributed by atoms with Gasteiger partial charge in [0.25, 0.3) is 11.8 Å². The highest BCUT2D eigenvalue weighted by atomic mass is 16.2. The SMILES string of the molecule is NC(=O)C(=O)C(Cc1ccncc1)NC(=O)c1cncn1-c1ncccn1. The van der Waals surface area contributed by atoms with Crippen LogP contribution < -0.4 is 11.1 Å². The number of hydrogen-bond donors (Lipinski definition) is 2. The molecule has 3 heterocycles. The minimum atomic E-state index is -1.13. The Hall–Kier alpha value is -3.95. The zero-order valence-electron chi connectivity index (χ0n) is 14.0. The summed E-state index contributed by atoms with van der Waals surface area (Å²) in [6.45, 7) is 0. The maximum absolute atomic E-state index is 12.7. The first-order chi connectivity index (χ1) is 13.1. The van der Waals surface area contributed by atoms with Crippen LogP contribution in [0.4, 0.5) is 0 Å². The molecule has 27 heavy (non-hydrogen) atoms. The average Bonchev–Trinajstić information content (AvgIpc) is 3.18. The molecule has 0 aromatic carbocycles. The molecule has 0 spiro atoms. The van der Waals surface area contributed by atoms with Crippen molar-refractivity contribution < 1.29 is 14.4 Å². The van der Waals surface area contributed by atoms with Crippen molar-refractivity contribution in [1.82, 2.24) is 29.8 Å². The molecule has 3 N–H and O–H groups in total. The number of hydrogen-bond acceptors (Lipinski definition) is 7. The third-order valence-corrected chi connectivity index (χ3v) is 3.69. The van der Waals surface area contributed by atoms with Crippen LogP contribution in [0.5, 0.6) is 0 Å². The van der Waals surface area contributed by atoms with E-state index in [0.717, 1.165) is 0 Å². The molecule has 0 saturated carbocycles. The van der Waals surface area contributed by atoms with Crippen LogP contribution in [-0.2, 0) is 16.0 Å². The van der Waals surface area contributed by atoms with Crippen LogP contribution in [0.1, 0.15) is 16.1 Å². The van der Waals surface area contributed by atoms with Gasteiger partial charge in [-0.05, 0) is 23.8 Å². The highest BCUT2D eigenvalue weighted by Crippen LogP contribution is 2.08. The number of primary amides is 1. The minimum absolute atomic E-state index is 0.0893. The fraction of sp³-hybridized carbons (Fsp3) is 0.118. The number of imidazole rings is 1. The summed E-state index contributed by atoms with van der Waals surface area (Å²) in [5.41, 5.74) is 5.94. The monoisotopic (exact) mass is 365 g/mol. The number of pyridine rings is 1. The van der Waals surface area contributed by atoms with Crippen LogP contribution in [0.15, 0.2) is 55.5 Å². The molecule has 10 nitrogen and oxygen atoms in total. The van der Waals surface area contributed by atoms with Gasteiger partial charge in [0.1, 0.15) is 18.1 Å². The van der Waals surface area contributed by atoms with E-state index in [2.05, 4.69) is 25.3 Å². The molecule has 3 aromatic rings. The number of carbonyl (C=O) groups is 3. The molecule has 0 fully saturated rings. The van der Waals surface area contributed by atoms with E-state index in [1.54, 1.807) is 30.6 Å². The van der Waals surface area contributed by atoms with Crippen LogP contribution in [-0.4, -0.2) is 48.1 Å². The van der Waals surface area contributed by atoms with Crippen molar-refractivity contribution in [1.29, 1.82) is 0 Å². The summed E-state index contributed by atoms with van der Waals surface area (Å²) in [5, 5.41) is 2.53. The zero-order valence-corrected chi connectivity index (χ0v) is 14.0. The maximum atomic E-state index is 12.7. The Morgan fingerprint density at radius 3 is 2.44 bits per heavy atom. The Bertz CT molecular complexity index is 957. The van der Waals surface area contributed by atoms with Crippen LogP contribution >= 0.6 is 0 Å². The fourth-order valence-electron chi connectivity index (χ4n) is 2.41. The van der Waals surface area contributed by atoms with Crippen molar-refractivity contribution >= 4 is 17.6 Å². The third kappa shape index (κ3) is 4.18. The summed E-state index contributed by atoms with van der Waals surface area (Å²) in [4.78, 5) is 52.1. The van der Waals surface area contributed by atoms with Crippen molar-refractivity contribution in [3.63, 3.8) is 0 Å². The molecule has 0 radical (unpaired) electrons. The maximum Gasteiger partial charge on any atom is 0.287 e. The topological polar surface area (TPSA) is 146 Å². The summed E-state index contributed by atoms with van der Waals surface area (Å²) < 4.78 is 1.37. The second kappa shape index (κ2) is 7.95. The number of amides is 2. The van der Waals surface area contributed by atoms with Crippen molar-refractivity contribution in [2.45, 2.75) is 12.5 Å². The quantitative estimate of drug-likeness (QED) is 0.534. The summed E-state index contributed by atoms with van der Waals surface area (Å²) in [7, 11) is 0. The second-order valence-corrected chi connectivity index (χ2v) is 5.51. The van der Waals surface area contributed by atoms with Crippen LogP contribution in [0.3, 0.4) is 0 Å². The highest BCUT2D eigenvalue weighted by Gasteiger charge is 2.27. The molecular formula is C17H15N7O3. The predicted molar refractivity (Wildman–Crippen MR) is 92.6 cm³/mol. The summed E-state index contributed by atoms with van der Waals surface area (Å²) >= 11 is 0. The highest BCUT2D eigenvalue weighted by molar-refractivity contribution is 6.38. The molecule has 0 saturated heterocycles. The third-order valence-electron chi connectivity index (χ3n) is 3.69. The Balaban J connectivity index is 1.84. The molecule has 0 aliphatic rings. The molecule has 3 aromatic heterocycles. The van der Waals surface area contributed by atoms with Gasteiger partial charge in [-0.1, -0.05) is 0 Å². The number of Topliss-reactive ketones (excluding diaryl/α,β-unsaturated/α-hetero) is 1. The van der Waals surface area contributed by atoms with Gasteiger partial charge in [-0.15, -0.1) is 0 Å². The molecule has 0 aliphatic carbocycles. The summed E-state index contributed by atoms with van der Waals surface area (Å²) in [6.07, 6.45) is 8.91. The van der Waals surface area contributed by atoms with E-state index < -0.39 is 23.6 Å². The van der Waals surface area contributed by atoms with E-state index in [9.17, 15) is 14.4 Å². The number of ketones is 1. The molecule has 2 amide bonds. The van der Waals surface area contributed by atoms with Crippen LogP contribution in [0.2, 0.25) is 0 Å². The Morgan fingerprint density at radius 1 is 1.07 bits per heavy atom. The Labute approximate surface area is 153 Å². The molecule has 3 rings (SSSR count). The van der Waals surface area contributed by atoms with Crippen molar-refractivity contribution in [2.24, 2.45) is 5.73 Å². The number of carbonyl (C=O) groups excluding carboxylic acids is 3. The van der Waals surface area contributed by atoms with Crippen molar-refractivity contribution in [3.8, 4) is 5.95 Å². The normalized spacial score (nSPS) is 11.6. The first-order valence-corrected chi connectivity index (χ1v) is 7.89. The Morgan fingerprint density at radius 2 is 1.78 bits per heavy atom. The van der Waals surface area contributed by atoms with Gasteiger partial charge >= 0.3 is 0 Å². The van der Waals surface area contributed by atoms with E-state index in [-0.39, 0.29) is 18.1 Å².